The number of carbonyl (C=O) groups is 1. The second kappa shape index (κ2) is 10.5. The lowest BCUT2D eigenvalue weighted by Gasteiger charge is -2.40. The van der Waals surface area contributed by atoms with E-state index in [9.17, 15) is 20.0 Å². The van der Waals surface area contributed by atoms with Crippen molar-refractivity contribution in [2.24, 2.45) is 0 Å². The average Bonchev–Trinajstić information content (AvgIpc) is 2.80. The summed E-state index contributed by atoms with van der Waals surface area (Å²) in [5, 5.41) is 30.2. The van der Waals surface area contributed by atoms with Crippen LogP contribution < -0.4 is 20.9 Å². The van der Waals surface area contributed by atoms with Gasteiger partial charge in [-0.15, -0.1) is 0 Å². The molecule has 9 nitrogen and oxygen atoms in total. The Morgan fingerprint density at radius 3 is 2.52 bits per heavy atom. The first kappa shape index (κ1) is 22.8. The molecular weight excluding hydrogens is 422 g/mol. The first-order chi connectivity index (χ1) is 16.0. The van der Waals surface area contributed by atoms with E-state index in [4.69, 9.17) is 0 Å². The lowest BCUT2D eigenvalue weighted by Crippen LogP contribution is -2.57. The van der Waals surface area contributed by atoms with E-state index in [1.54, 1.807) is 30.3 Å². The summed E-state index contributed by atoms with van der Waals surface area (Å²) in [6.45, 7) is 1.76. The number of hydrogen-bond acceptors (Lipinski definition) is 6. The molecule has 9 heteroatoms. The number of piperidine rings is 1. The molecule has 2 aromatic carbocycles. The Balaban J connectivity index is 1.34. The number of nitrogens with one attached hydrogen (secondary N) is 3. The first-order valence-electron chi connectivity index (χ1n) is 11.6. The van der Waals surface area contributed by atoms with Gasteiger partial charge < -0.3 is 26.0 Å². The highest BCUT2D eigenvalue weighted by Gasteiger charge is 2.30. The van der Waals surface area contributed by atoms with Crippen LogP contribution in [0.5, 0.6) is 5.75 Å². The molecule has 4 N–H and O–H groups in total. The molecule has 1 aliphatic carbocycles. The maximum absolute atomic E-state index is 12.6. The van der Waals surface area contributed by atoms with Crippen LogP contribution in [0.15, 0.2) is 48.5 Å². The fraction of sp³-hybridized carbons (Fsp3) is 0.458. The second-order valence-electron chi connectivity index (χ2n) is 8.87. The lowest BCUT2D eigenvalue weighted by atomic mass is 9.89. The number of non-ortho nitro benzene ring substituents is 1. The fourth-order valence-electron chi connectivity index (χ4n) is 4.86. The number of benzene rings is 2. The molecule has 1 heterocycles. The van der Waals surface area contributed by atoms with E-state index >= 15 is 0 Å². The predicted molar refractivity (Wildman–Crippen MR) is 128 cm³/mol. The number of phenols is 1. The molecule has 0 spiro atoms. The van der Waals surface area contributed by atoms with Gasteiger partial charge in [-0.1, -0.05) is 18.9 Å². The molecule has 0 unspecified atom stereocenters. The molecule has 0 radical (unpaired) electrons. The third-order valence-electron chi connectivity index (χ3n) is 6.48. The first-order valence-corrected chi connectivity index (χ1v) is 11.6. The number of hydrogen-bond donors (Lipinski definition) is 4. The van der Waals surface area contributed by atoms with Crippen LogP contribution in [0.25, 0.3) is 0 Å². The van der Waals surface area contributed by atoms with Gasteiger partial charge >= 0.3 is 6.03 Å². The van der Waals surface area contributed by atoms with Crippen LogP contribution in [-0.4, -0.2) is 47.3 Å². The van der Waals surface area contributed by atoms with Crippen molar-refractivity contribution in [2.45, 2.75) is 56.7 Å². The molecular formula is C24H31N5O4. The number of nitrogens with zero attached hydrogens (tertiary/aromatic N) is 2. The largest absolute Gasteiger partial charge is 0.508 e. The summed E-state index contributed by atoms with van der Waals surface area (Å²) in [6.07, 6.45) is 6.23. The van der Waals surface area contributed by atoms with Gasteiger partial charge in [-0.3, -0.25) is 10.1 Å². The standard InChI is InChI=1S/C24H31N5O4/c30-21-7-3-5-17(15-21)26-24(31)27-23-9-2-1-8-22(23)25-18-6-4-14-28(16-18)19-10-12-20(13-11-19)29(32)33/h3,5,7,10-13,15,18,22-23,25,30H,1-2,4,6,8-9,14,16H2,(H2,26,27,31)/t18-,22+,23+/m0/s1. The van der Waals surface area contributed by atoms with E-state index in [-0.39, 0.29) is 40.5 Å². The molecule has 4 rings (SSSR count). The molecule has 1 saturated heterocycles. The summed E-state index contributed by atoms with van der Waals surface area (Å²) in [4.78, 5) is 25.4. The van der Waals surface area contributed by atoms with Crippen molar-refractivity contribution < 1.29 is 14.8 Å². The minimum Gasteiger partial charge on any atom is -0.508 e. The van der Waals surface area contributed by atoms with Gasteiger partial charge in [0.1, 0.15) is 5.75 Å². The molecule has 2 aliphatic rings. The van der Waals surface area contributed by atoms with Crippen LogP contribution in [0.1, 0.15) is 38.5 Å². The quantitative estimate of drug-likeness (QED) is 0.388. The van der Waals surface area contributed by atoms with E-state index in [0.29, 0.717) is 5.69 Å². The Labute approximate surface area is 193 Å². The number of nitro benzene ring substituents is 1. The Morgan fingerprint density at radius 1 is 1.03 bits per heavy atom. The Bertz CT molecular complexity index is 968. The van der Waals surface area contributed by atoms with Crippen molar-refractivity contribution in [1.29, 1.82) is 0 Å². The zero-order chi connectivity index (χ0) is 23.2. The highest BCUT2D eigenvalue weighted by Crippen LogP contribution is 2.25. The predicted octanol–water partition coefficient (Wildman–Crippen LogP) is 3.99. The van der Waals surface area contributed by atoms with Crippen molar-refractivity contribution in [3.8, 4) is 5.75 Å². The van der Waals surface area contributed by atoms with Crippen LogP contribution >= 0.6 is 0 Å². The van der Waals surface area contributed by atoms with Gasteiger partial charge in [-0.2, -0.15) is 0 Å². The second-order valence-corrected chi connectivity index (χ2v) is 8.87. The van der Waals surface area contributed by atoms with Crippen molar-refractivity contribution in [2.75, 3.05) is 23.3 Å². The van der Waals surface area contributed by atoms with Gasteiger partial charge in [-0.05, 0) is 49.9 Å². The van der Waals surface area contributed by atoms with Gasteiger partial charge in [-0.25, -0.2) is 4.79 Å². The molecule has 176 valence electrons. The maximum atomic E-state index is 12.6. The molecule has 2 aromatic rings. The van der Waals surface area contributed by atoms with Gasteiger partial charge in [0.25, 0.3) is 5.69 Å². The van der Waals surface area contributed by atoms with Crippen LogP contribution in [0.4, 0.5) is 21.9 Å². The number of aromatic hydroxyl groups is 1. The zero-order valence-electron chi connectivity index (χ0n) is 18.6. The summed E-state index contributed by atoms with van der Waals surface area (Å²) in [5.74, 6) is 0.111. The van der Waals surface area contributed by atoms with E-state index < -0.39 is 0 Å². The number of nitro groups is 1. The summed E-state index contributed by atoms with van der Waals surface area (Å²) in [6, 6.07) is 13.5. The molecule has 3 atom stereocenters. The van der Waals surface area contributed by atoms with Crippen LogP contribution in [0.2, 0.25) is 0 Å². The van der Waals surface area contributed by atoms with Crippen LogP contribution in [0, 0.1) is 10.1 Å². The SMILES string of the molecule is O=C(Nc1cccc(O)c1)N[C@@H]1CCCC[C@H]1N[C@H]1CCCN(c2ccc([N+](=O)[O-])cc2)C1. The summed E-state index contributed by atoms with van der Waals surface area (Å²) in [7, 11) is 0. The average molecular weight is 454 g/mol. The molecule has 33 heavy (non-hydrogen) atoms. The molecule has 1 saturated carbocycles. The molecule has 0 bridgehead atoms. The minimum atomic E-state index is -0.378. The summed E-state index contributed by atoms with van der Waals surface area (Å²) >= 11 is 0. The van der Waals surface area contributed by atoms with Crippen LogP contribution in [-0.2, 0) is 0 Å². The van der Waals surface area contributed by atoms with Crippen molar-refractivity contribution in [1.82, 2.24) is 10.6 Å². The van der Waals surface area contributed by atoms with Crippen LogP contribution in [0.3, 0.4) is 0 Å². The normalized spacial score (nSPS) is 23.0. The number of carbonyl (C=O) groups excluding carboxylic acids is 1. The smallest absolute Gasteiger partial charge is 0.319 e. The Kier molecular flexibility index (Phi) is 7.29. The highest BCUT2D eigenvalue weighted by molar-refractivity contribution is 5.89. The van der Waals surface area contributed by atoms with Crippen molar-refractivity contribution >= 4 is 23.1 Å². The fourth-order valence-corrected chi connectivity index (χ4v) is 4.86. The zero-order valence-corrected chi connectivity index (χ0v) is 18.6. The third-order valence-corrected chi connectivity index (χ3v) is 6.48. The number of amides is 2. The Hall–Kier alpha value is -3.33. The van der Waals surface area contributed by atoms with Crippen molar-refractivity contribution in [3.63, 3.8) is 0 Å². The molecule has 0 aromatic heterocycles. The maximum Gasteiger partial charge on any atom is 0.319 e. The number of rotatable bonds is 6. The van der Waals surface area contributed by atoms with E-state index in [1.165, 1.54) is 6.07 Å². The molecule has 1 aliphatic heterocycles. The number of urea groups is 1. The lowest BCUT2D eigenvalue weighted by molar-refractivity contribution is -0.384. The molecule has 2 fully saturated rings. The van der Waals surface area contributed by atoms with Gasteiger partial charge in [0, 0.05) is 60.8 Å². The minimum absolute atomic E-state index is 0.0332. The number of phenolic OH excluding ortho intramolecular Hbond substituents is 1. The van der Waals surface area contributed by atoms with E-state index in [1.807, 2.05) is 12.1 Å². The van der Waals surface area contributed by atoms with Gasteiger partial charge in [0.2, 0.25) is 0 Å². The monoisotopic (exact) mass is 453 g/mol. The third kappa shape index (κ3) is 6.13. The van der Waals surface area contributed by atoms with Crippen molar-refractivity contribution in [3.05, 3.63) is 58.6 Å². The highest BCUT2D eigenvalue weighted by atomic mass is 16.6. The van der Waals surface area contributed by atoms with Gasteiger partial charge in [0.05, 0.1) is 4.92 Å². The Morgan fingerprint density at radius 2 is 1.79 bits per heavy atom. The summed E-state index contributed by atoms with van der Waals surface area (Å²) < 4.78 is 0. The molecule has 2 amide bonds. The topological polar surface area (TPSA) is 120 Å². The van der Waals surface area contributed by atoms with E-state index in [2.05, 4.69) is 20.9 Å². The number of anilines is 2. The summed E-state index contributed by atoms with van der Waals surface area (Å²) in [5.41, 5.74) is 1.65. The van der Waals surface area contributed by atoms with E-state index in [0.717, 1.165) is 57.3 Å². The van der Waals surface area contributed by atoms with Gasteiger partial charge in [0.15, 0.2) is 0 Å².